The number of ether oxygens (including phenoxy) is 2. The molecule has 2 aromatic rings. The van der Waals surface area contributed by atoms with E-state index in [0.29, 0.717) is 11.5 Å². The molecule has 0 bridgehead atoms. The van der Waals surface area contributed by atoms with E-state index in [1.807, 2.05) is 29.0 Å². The summed E-state index contributed by atoms with van der Waals surface area (Å²) in [5.41, 5.74) is 0.840. The van der Waals surface area contributed by atoms with E-state index in [4.69, 9.17) is 9.47 Å². The number of amides is 1. The number of imidazole rings is 1. The number of methoxy groups -OCH3 is 2. The normalized spacial score (nSPS) is 17.9. The summed E-state index contributed by atoms with van der Waals surface area (Å²) in [6.45, 7) is 0.741. The first-order chi connectivity index (χ1) is 10.7. The molecule has 116 valence electrons. The summed E-state index contributed by atoms with van der Waals surface area (Å²) in [6, 6.07) is 5.35. The molecule has 1 atom stereocenters. The van der Waals surface area contributed by atoms with Gasteiger partial charge in [0.25, 0.3) is 0 Å². The lowest BCUT2D eigenvalue weighted by atomic mass is 10.1. The van der Waals surface area contributed by atoms with E-state index < -0.39 is 0 Å². The number of hydrogen-bond acceptors (Lipinski definition) is 4. The number of carbonyl (C=O) groups excluding carboxylic acids is 1. The van der Waals surface area contributed by atoms with Crippen LogP contribution in [0.15, 0.2) is 30.6 Å². The number of piperidine rings is 1. The summed E-state index contributed by atoms with van der Waals surface area (Å²) in [4.78, 5) is 16.5. The molecule has 22 heavy (non-hydrogen) atoms. The number of carbonyl (C=O) groups is 1. The molecule has 0 spiro atoms. The fraction of sp³-hybridized carbons (Fsp3) is 0.375. The summed E-state index contributed by atoms with van der Waals surface area (Å²) in [7, 11) is 3.22. The van der Waals surface area contributed by atoms with Crippen molar-refractivity contribution in [2.75, 3.05) is 20.8 Å². The van der Waals surface area contributed by atoms with Crippen molar-refractivity contribution in [2.45, 2.75) is 18.9 Å². The van der Waals surface area contributed by atoms with Crippen LogP contribution >= 0.6 is 0 Å². The summed E-state index contributed by atoms with van der Waals surface area (Å²) in [5.74, 6) is 2.15. The summed E-state index contributed by atoms with van der Waals surface area (Å²) >= 11 is 0. The molecule has 0 radical (unpaired) electrons. The van der Waals surface area contributed by atoms with Crippen LogP contribution in [0.25, 0.3) is 11.4 Å². The van der Waals surface area contributed by atoms with Crippen LogP contribution < -0.4 is 14.8 Å². The van der Waals surface area contributed by atoms with Crippen LogP contribution in [0.3, 0.4) is 0 Å². The average molecular weight is 301 g/mol. The molecule has 1 aliphatic rings. The highest BCUT2D eigenvalue weighted by Gasteiger charge is 2.26. The van der Waals surface area contributed by atoms with Crippen molar-refractivity contribution >= 4 is 5.91 Å². The van der Waals surface area contributed by atoms with E-state index in [2.05, 4.69) is 10.3 Å². The predicted octanol–water partition coefficient (Wildman–Crippen LogP) is 2.02. The molecule has 1 N–H and O–H groups in total. The van der Waals surface area contributed by atoms with Crippen LogP contribution in [-0.2, 0) is 4.79 Å². The monoisotopic (exact) mass is 301 g/mol. The van der Waals surface area contributed by atoms with Gasteiger partial charge in [-0.1, -0.05) is 0 Å². The van der Waals surface area contributed by atoms with Gasteiger partial charge in [-0.3, -0.25) is 4.79 Å². The van der Waals surface area contributed by atoms with Crippen LogP contribution in [0.4, 0.5) is 0 Å². The van der Waals surface area contributed by atoms with E-state index in [9.17, 15) is 4.79 Å². The van der Waals surface area contributed by atoms with Gasteiger partial charge in [-0.25, -0.2) is 4.98 Å². The highest BCUT2D eigenvalue weighted by molar-refractivity contribution is 5.82. The maximum absolute atomic E-state index is 12.1. The number of nitrogens with one attached hydrogen (secondary N) is 1. The molecule has 1 fully saturated rings. The zero-order valence-corrected chi connectivity index (χ0v) is 12.7. The lowest BCUT2D eigenvalue weighted by Crippen LogP contribution is -2.37. The van der Waals surface area contributed by atoms with Crippen LogP contribution in [-0.4, -0.2) is 36.2 Å². The quantitative estimate of drug-likeness (QED) is 0.938. The van der Waals surface area contributed by atoms with Gasteiger partial charge in [0, 0.05) is 25.0 Å². The third-order valence-corrected chi connectivity index (χ3v) is 3.91. The zero-order chi connectivity index (χ0) is 15.5. The van der Waals surface area contributed by atoms with Gasteiger partial charge in [0.2, 0.25) is 5.91 Å². The average Bonchev–Trinajstić information content (AvgIpc) is 3.03. The van der Waals surface area contributed by atoms with Gasteiger partial charge in [-0.15, -0.1) is 0 Å². The van der Waals surface area contributed by atoms with Crippen molar-refractivity contribution in [3.8, 4) is 22.9 Å². The minimum absolute atomic E-state index is 0.0398. The largest absolute Gasteiger partial charge is 0.497 e. The topological polar surface area (TPSA) is 65.4 Å². The Morgan fingerprint density at radius 1 is 1.32 bits per heavy atom. The first-order valence-electron chi connectivity index (χ1n) is 7.27. The standard InChI is InChI=1S/C16H19N3O3/c1-21-11-5-6-12(14(10-11)22-2)15-17-8-9-19(15)13-4-3-7-18-16(13)20/h5-6,8-10,13H,3-4,7H2,1-2H3,(H,18,20)/t13-/m1/s1. The third kappa shape index (κ3) is 2.52. The van der Waals surface area contributed by atoms with Gasteiger partial charge in [0.15, 0.2) is 0 Å². The molecule has 6 heteroatoms. The van der Waals surface area contributed by atoms with Crippen molar-refractivity contribution in [1.29, 1.82) is 0 Å². The molecule has 1 aliphatic heterocycles. The van der Waals surface area contributed by atoms with Gasteiger partial charge in [0.1, 0.15) is 23.4 Å². The van der Waals surface area contributed by atoms with Crippen molar-refractivity contribution in [3.05, 3.63) is 30.6 Å². The second kappa shape index (κ2) is 6.09. The minimum Gasteiger partial charge on any atom is -0.497 e. The Hall–Kier alpha value is -2.50. The second-order valence-electron chi connectivity index (χ2n) is 5.17. The number of benzene rings is 1. The fourth-order valence-electron chi connectivity index (χ4n) is 2.78. The van der Waals surface area contributed by atoms with Crippen molar-refractivity contribution in [1.82, 2.24) is 14.9 Å². The van der Waals surface area contributed by atoms with Crippen molar-refractivity contribution in [3.63, 3.8) is 0 Å². The maximum Gasteiger partial charge on any atom is 0.243 e. The molecule has 0 aliphatic carbocycles. The number of rotatable bonds is 4. The highest BCUT2D eigenvalue weighted by atomic mass is 16.5. The Labute approximate surface area is 129 Å². The van der Waals surface area contributed by atoms with E-state index >= 15 is 0 Å². The number of aromatic nitrogens is 2. The Balaban J connectivity index is 2.03. The molecule has 2 heterocycles. The SMILES string of the molecule is COc1ccc(-c2nccn2[C@@H]2CCCNC2=O)c(OC)c1. The second-order valence-corrected chi connectivity index (χ2v) is 5.17. The predicted molar refractivity (Wildman–Crippen MR) is 82.0 cm³/mol. The van der Waals surface area contributed by atoms with Crippen molar-refractivity contribution < 1.29 is 14.3 Å². The first kappa shape index (κ1) is 14.4. The Morgan fingerprint density at radius 2 is 2.18 bits per heavy atom. The Kier molecular flexibility index (Phi) is 4.00. The van der Waals surface area contributed by atoms with Gasteiger partial charge >= 0.3 is 0 Å². The maximum atomic E-state index is 12.1. The van der Waals surface area contributed by atoms with Gasteiger partial charge in [0.05, 0.1) is 19.8 Å². The molecule has 1 amide bonds. The van der Waals surface area contributed by atoms with Gasteiger partial charge in [-0.05, 0) is 25.0 Å². The summed E-state index contributed by atoms with van der Waals surface area (Å²) < 4.78 is 12.6. The van der Waals surface area contributed by atoms with Crippen LogP contribution in [0.2, 0.25) is 0 Å². The molecule has 0 unspecified atom stereocenters. The molecular weight excluding hydrogens is 282 g/mol. The van der Waals surface area contributed by atoms with E-state index in [1.54, 1.807) is 20.4 Å². The smallest absolute Gasteiger partial charge is 0.243 e. The Morgan fingerprint density at radius 3 is 2.91 bits per heavy atom. The molecule has 6 nitrogen and oxygen atoms in total. The van der Waals surface area contributed by atoms with Crippen LogP contribution in [0.1, 0.15) is 18.9 Å². The first-order valence-corrected chi connectivity index (χ1v) is 7.27. The molecule has 1 saturated heterocycles. The molecule has 1 aromatic heterocycles. The van der Waals surface area contributed by atoms with Crippen LogP contribution in [0, 0.1) is 0 Å². The lowest BCUT2D eigenvalue weighted by Gasteiger charge is -2.24. The summed E-state index contributed by atoms with van der Waals surface area (Å²) in [6.07, 6.45) is 5.33. The molecule has 1 aromatic carbocycles. The molecule has 3 rings (SSSR count). The lowest BCUT2D eigenvalue weighted by molar-refractivity contribution is -0.125. The fourth-order valence-corrected chi connectivity index (χ4v) is 2.78. The molecular formula is C16H19N3O3. The van der Waals surface area contributed by atoms with Crippen molar-refractivity contribution in [2.24, 2.45) is 0 Å². The zero-order valence-electron chi connectivity index (χ0n) is 12.7. The third-order valence-electron chi connectivity index (χ3n) is 3.91. The summed E-state index contributed by atoms with van der Waals surface area (Å²) in [5, 5.41) is 2.91. The van der Waals surface area contributed by atoms with Crippen LogP contribution in [0.5, 0.6) is 11.5 Å². The van der Waals surface area contributed by atoms with E-state index in [0.717, 1.165) is 30.8 Å². The number of nitrogens with zero attached hydrogens (tertiary/aromatic N) is 2. The van der Waals surface area contributed by atoms with E-state index in [1.165, 1.54) is 0 Å². The highest BCUT2D eigenvalue weighted by Crippen LogP contribution is 2.34. The Bertz CT molecular complexity index is 681. The minimum atomic E-state index is -0.224. The number of hydrogen-bond donors (Lipinski definition) is 1. The molecule has 0 saturated carbocycles. The van der Waals surface area contributed by atoms with Gasteiger partial charge < -0.3 is 19.4 Å². The van der Waals surface area contributed by atoms with E-state index in [-0.39, 0.29) is 11.9 Å². The van der Waals surface area contributed by atoms with Gasteiger partial charge in [-0.2, -0.15) is 0 Å².